The predicted molar refractivity (Wildman–Crippen MR) is 111 cm³/mol. The molecule has 0 spiro atoms. The molecule has 4 rings (SSSR count). The summed E-state index contributed by atoms with van der Waals surface area (Å²) < 4.78 is 5.04. The Balaban J connectivity index is 1.52. The van der Waals surface area contributed by atoms with Crippen LogP contribution >= 0.6 is 0 Å². The molecule has 4 aliphatic carbocycles. The normalized spacial score (nSPS) is 48.6. The summed E-state index contributed by atoms with van der Waals surface area (Å²) in [5.41, 5.74) is -0.620. The third kappa shape index (κ3) is 3.25. The van der Waals surface area contributed by atoms with Gasteiger partial charge < -0.3 is 9.84 Å². The standard InChI is InChI=1S/C25H36O4/c1-5-25(28)13-12-23(3)17(14-25)6-7-18-19-8-9-21(22(27)15-29-16(2)26)24(19,4)11-10-20(18)23/h1,17-21,28H,6-15H2,2-4H3/t17-,18+,19+,20+,21-,23+,24+,25-/m1/s1. The number of carbonyl (C=O) groups excluding carboxylic acids is 2. The SMILES string of the molecule is C#C[C@@]1(O)CC[C@@]2(C)[C@H](CC[C@@H]3[C@@H]2CC[C@]2(C)[C@@H](C(=O)COC(C)=O)CC[C@@H]32)C1. The minimum absolute atomic E-state index is 0.0243. The molecular formula is C25H36O4. The van der Waals surface area contributed by atoms with E-state index in [4.69, 9.17) is 11.2 Å². The summed E-state index contributed by atoms with van der Waals surface area (Å²) in [7, 11) is 0. The quantitative estimate of drug-likeness (QED) is 0.571. The third-order valence-electron chi connectivity index (χ3n) is 9.80. The van der Waals surface area contributed by atoms with Gasteiger partial charge in [-0.05, 0) is 92.3 Å². The second-order valence-electron chi connectivity index (χ2n) is 11.0. The van der Waals surface area contributed by atoms with E-state index in [1.165, 1.54) is 13.3 Å². The maximum absolute atomic E-state index is 12.8. The van der Waals surface area contributed by atoms with E-state index < -0.39 is 5.60 Å². The van der Waals surface area contributed by atoms with Gasteiger partial charge in [0.2, 0.25) is 0 Å². The van der Waals surface area contributed by atoms with Gasteiger partial charge in [-0.3, -0.25) is 9.59 Å². The van der Waals surface area contributed by atoms with Crippen molar-refractivity contribution in [3.8, 4) is 12.3 Å². The second-order valence-corrected chi connectivity index (χ2v) is 11.0. The van der Waals surface area contributed by atoms with Crippen LogP contribution in [0.25, 0.3) is 0 Å². The lowest BCUT2D eigenvalue weighted by Crippen LogP contribution is -2.56. The molecule has 0 bridgehead atoms. The van der Waals surface area contributed by atoms with E-state index in [0.717, 1.165) is 44.9 Å². The Labute approximate surface area is 175 Å². The lowest BCUT2D eigenvalue weighted by molar-refractivity contribution is -0.153. The van der Waals surface area contributed by atoms with Crippen molar-refractivity contribution in [2.24, 2.45) is 40.4 Å². The van der Waals surface area contributed by atoms with Gasteiger partial charge in [0.1, 0.15) is 12.2 Å². The Bertz CT molecular complexity index is 738. The monoisotopic (exact) mass is 400 g/mol. The minimum atomic E-state index is -0.915. The highest BCUT2D eigenvalue weighted by atomic mass is 16.5. The van der Waals surface area contributed by atoms with Crippen LogP contribution in [-0.2, 0) is 14.3 Å². The van der Waals surface area contributed by atoms with E-state index >= 15 is 0 Å². The summed E-state index contributed by atoms with van der Waals surface area (Å²) in [6.07, 6.45) is 14.7. The first kappa shape index (κ1) is 20.9. The Kier molecular flexibility index (Phi) is 5.13. The van der Waals surface area contributed by atoms with Crippen LogP contribution in [0, 0.1) is 52.8 Å². The van der Waals surface area contributed by atoms with Gasteiger partial charge in [0.05, 0.1) is 0 Å². The molecule has 29 heavy (non-hydrogen) atoms. The van der Waals surface area contributed by atoms with E-state index in [-0.39, 0.29) is 35.1 Å². The molecule has 0 unspecified atom stereocenters. The van der Waals surface area contributed by atoms with Crippen LogP contribution in [0.15, 0.2) is 0 Å². The zero-order valence-corrected chi connectivity index (χ0v) is 18.2. The number of Topliss-reactive ketones (excluding diaryl/α,β-unsaturated/α-hetero) is 1. The first-order valence-electron chi connectivity index (χ1n) is 11.5. The largest absolute Gasteiger partial charge is 0.458 e. The summed E-state index contributed by atoms with van der Waals surface area (Å²) in [5, 5.41) is 10.7. The Hall–Kier alpha value is -1.34. The lowest BCUT2D eigenvalue weighted by Gasteiger charge is -2.61. The van der Waals surface area contributed by atoms with Gasteiger partial charge in [-0.15, -0.1) is 6.42 Å². The van der Waals surface area contributed by atoms with Gasteiger partial charge in [-0.25, -0.2) is 0 Å². The summed E-state index contributed by atoms with van der Waals surface area (Å²) in [6.45, 7) is 6.07. The van der Waals surface area contributed by atoms with Crippen molar-refractivity contribution in [3.63, 3.8) is 0 Å². The first-order valence-corrected chi connectivity index (χ1v) is 11.5. The number of terminal acetylenes is 1. The number of carbonyl (C=O) groups is 2. The molecule has 4 fully saturated rings. The van der Waals surface area contributed by atoms with Crippen molar-refractivity contribution in [1.29, 1.82) is 0 Å². The maximum Gasteiger partial charge on any atom is 0.303 e. The molecule has 160 valence electrons. The number of ether oxygens (including phenoxy) is 1. The van der Waals surface area contributed by atoms with Gasteiger partial charge in [0.25, 0.3) is 0 Å². The number of hydrogen-bond donors (Lipinski definition) is 1. The van der Waals surface area contributed by atoms with Crippen molar-refractivity contribution in [2.75, 3.05) is 6.61 Å². The molecule has 0 saturated heterocycles. The zero-order valence-electron chi connectivity index (χ0n) is 18.2. The fourth-order valence-electron chi connectivity index (χ4n) is 8.18. The van der Waals surface area contributed by atoms with Gasteiger partial charge in [0, 0.05) is 12.8 Å². The topological polar surface area (TPSA) is 63.6 Å². The third-order valence-corrected chi connectivity index (χ3v) is 9.80. The van der Waals surface area contributed by atoms with Crippen molar-refractivity contribution >= 4 is 11.8 Å². The molecule has 0 aliphatic heterocycles. The summed E-state index contributed by atoms with van der Waals surface area (Å²) >= 11 is 0. The molecule has 0 amide bonds. The minimum Gasteiger partial charge on any atom is -0.458 e. The molecule has 0 radical (unpaired) electrons. The van der Waals surface area contributed by atoms with Crippen LogP contribution in [0.1, 0.15) is 78.6 Å². The van der Waals surface area contributed by atoms with Crippen LogP contribution in [0.5, 0.6) is 0 Å². The maximum atomic E-state index is 12.8. The van der Waals surface area contributed by atoms with Gasteiger partial charge in [-0.1, -0.05) is 19.8 Å². The molecule has 4 heteroatoms. The van der Waals surface area contributed by atoms with Gasteiger partial charge in [-0.2, -0.15) is 0 Å². The van der Waals surface area contributed by atoms with Crippen LogP contribution < -0.4 is 0 Å². The van der Waals surface area contributed by atoms with Crippen LogP contribution in [0.4, 0.5) is 0 Å². The highest BCUT2D eigenvalue weighted by Crippen LogP contribution is 2.68. The summed E-state index contributed by atoms with van der Waals surface area (Å²) in [4.78, 5) is 24.0. The molecule has 0 aromatic heterocycles. The van der Waals surface area contributed by atoms with Crippen molar-refractivity contribution in [3.05, 3.63) is 0 Å². The summed E-state index contributed by atoms with van der Waals surface area (Å²) in [5.74, 6) is 4.85. The summed E-state index contributed by atoms with van der Waals surface area (Å²) in [6, 6.07) is 0. The first-order chi connectivity index (χ1) is 13.6. The highest BCUT2D eigenvalue weighted by molar-refractivity contribution is 5.85. The second kappa shape index (κ2) is 7.12. The van der Waals surface area contributed by atoms with E-state index in [0.29, 0.717) is 30.1 Å². The highest BCUT2D eigenvalue weighted by Gasteiger charge is 2.62. The fourth-order valence-corrected chi connectivity index (χ4v) is 8.18. The van der Waals surface area contributed by atoms with Crippen LogP contribution in [0.3, 0.4) is 0 Å². The van der Waals surface area contributed by atoms with E-state index in [1.54, 1.807) is 0 Å². The molecule has 0 aromatic rings. The average molecular weight is 401 g/mol. The molecular weight excluding hydrogens is 364 g/mol. The molecule has 4 nitrogen and oxygen atoms in total. The molecule has 4 aliphatic rings. The van der Waals surface area contributed by atoms with E-state index in [9.17, 15) is 14.7 Å². The van der Waals surface area contributed by atoms with Crippen molar-refractivity contribution in [1.82, 2.24) is 0 Å². The predicted octanol–water partition coefficient (Wildman–Crippen LogP) is 4.14. The average Bonchev–Trinajstić information content (AvgIpc) is 3.04. The van der Waals surface area contributed by atoms with E-state index in [2.05, 4.69) is 19.8 Å². The molecule has 1 N–H and O–H groups in total. The number of hydrogen-bond acceptors (Lipinski definition) is 4. The molecule has 0 aromatic carbocycles. The Morgan fingerprint density at radius 1 is 1.03 bits per heavy atom. The smallest absolute Gasteiger partial charge is 0.303 e. The Morgan fingerprint density at radius 2 is 1.76 bits per heavy atom. The van der Waals surface area contributed by atoms with Gasteiger partial charge in [0.15, 0.2) is 5.78 Å². The molecule has 8 atom stereocenters. The molecule has 0 heterocycles. The zero-order chi connectivity index (χ0) is 21.0. The van der Waals surface area contributed by atoms with Crippen LogP contribution in [-0.4, -0.2) is 29.1 Å². The van der Waals surface area contributed by atoms with Crippen molar-refractivity contribution in [2.45, 2.75) is 84.2 Å². The number of esters is 1. The number of aliphatic hydroxyl groups is 1. The lowest BCUT2D eigenvalue weighted by atomic mass is 9.44. The Morgan fingerprint density at radius 3 is 2.45 bits per heavy atom. The number of ketones is 1. The van der Waals surface area contributed by atoms with Gasteiger partial charge >= 0.3 is 5.97 Å². The van der Waals surface area contributed by atoms with Crippen molar-refractivity contribution < 1.29 is 19.4 Å². The molecule has 4 saturated carbocycles. The van der Waals surface area contributed by atoms with Crippen LogP contribution in [0.2, 0.25) is 0 Å². The fraction of sp³-hybridized carbons (Fsp3) is 0.840. The van der Waals surface area contributed by atoms with E-state index in [1.807, 2.05) is 0 Å². The number of rotatable bonds is 3. The number of fused-ring (bicyclic) bond motifs is 5.